The number of ether oxygens (including phenoxy) is 1. The molecule has 0 aromatic heterocycles. The van der Waals surface area contributed by atoms with Crippen LogP contribution in [-0.2, 0) is 13.9 Å². The van der Waals surface area contributed by atoms with Crippen LogP contribution in [-0.4, -0.2) is 33.5 Å². The van der Waals surface area contributed by atoms with E-state index in [2.05, 4.69) is 32.9 Å². The first-order valence-corrected chi connectivity index (χ1v) is 12.7. The predicted molar refractivity (Wildman–Crippen MR) is 108 cm³/mol. The van der Waals surface area contributed by atoms with Crippen molar-refractivity contribution in [2.24, 2.45) is 0 Å². The molecule has 6 nitrogen and oxygen atoms in total. The molecule has 0 radical (unpaired) electrons. The Morgan fingerprint density at radius 1 is 0.962 bits per heavy atom. The molecule has 0 saturated heterocycles. The van der Waals surface area contributed by atoms with Crippen LogP contribution in [0.3, 0.4) is 0 Å². The van der Waals surface area contributed by atoms with E-state index in [4.69, 9.17) is 14.5 Å². The van der Waals surface area contributed by atoms with Crippen molar-refractivity contribution in [3.63, 3.8) is 0 Å². The van der Waals surface area contributed by atoms with Gasteiger partial charge in [0.15, 0.2) is 0 Å². The molecule has 0 aromatic rings. The van der Waals surface area contributed by atoms with Crippen molar-refractivity contribution in [2.75, 3.05) is 18.9 Å². The molecule has 3 N–H and O–H groups in total. The van der Waals surface area contributed by atoms with Gasteiger partial charge in [0.25, 0.3) is 0 Å². The highest BCUT2D eigenvalue weighted by Crippen LogP contribution is 2.54. The maximum atomic E-state index is 11.6. The lowest BCUT2D eigenvalue weighted by atomic mass is 10.0. The average Bonchev–Trinajstić information content (AvgIpc) is 2.46. The molecule has 1 unspecified atom stereocenters. The number of rotatable bonds is 13. The maximum Gasteiger partial charge on any atom is 0.335 e. The van der Waals surface area contributed by atoms with E-state index in [1.54, 1.807) is 0 Å². The minimum absolute atomic E-state index is 0.165. The normalized spacial score (nSPS) is 15.7. The summed E-state index contributed by atoms with van der Waals surface area (Å²) < 4.78 is 27.5. The second-order valence-corrected chi connectivity index (χ2v) is 11.2. The van der Waals surface area contributed by atoms with Crippen LogP contribution in [0.1, 0.15) is 59.8 Å². The van der Waals surface area contributed by atoms with E-state index in [-0.39, 0.29) is 6.61 Å². The van der Waals surface area contributed by atoms with Crippen molar-refractivity contribution in [1.82, 2.24) is 0 Å². The SMILES string of the molecule is CC/C(=C\COCP(=O)(O)CP(=O)(O)O)CC/C=C(\C)CCC=C(C)C. The largest absolute Gasteiger partial charge is 0.367 e. The first kappa shape index (κ1) is 25.5. The third-order valence-corrected chi connectivity index (χ3v) is 7.52. The monoisotopic (exact) mass is 408 g/mol. The van der Waals surface area contributed by atoms with Crippen LogP contribution < -0.4 is 0 Å². The quantitative estimate of drug-likeness (QED) is 0.220. The Morgan fingerprint density at radius 2 is 1.58 bits per heavy atom. The summed E-state index contributed by atoms with van der Waals surface area (Å²) in [6.07, 6.45) is 10.6. The maximum absolute atomic E-state index is 11.6. The smallest absolute Gasteiger partial charge is 0.335 e. The highest BCUT2D eigenvalue weighted by molar-refractivity contribution is 7.72. The van der Waals surface area contributed by atoms with Crippen LogP contribution in [0.5, 0.6) is 0 Å². The summed E-state index contributed by atoms with van der Waals surface area (Å²) in [7, 11) is -8.48. The molecule has 0 saturated carbocycles. The van der Waals surface area contributed by atoms with Crippen molar-refractivity contribution in [3.8, 4) is 0 Å². The Balaban J connectivity index is 4.26. The molecule has 1 atom stereocenters. The lowest BCUT2D eigenvalue weighted by Crippen LogP contribution is -2.01. The molecule has 0 aromatic carbocycles. The summed E-state index contributed by atoms with van der Waals surface area (Å²) in [5.41, 5.74) is 3.90. The van der Waals surface area contributed by atoms with Crippen LogP contribution in [0.25, 0.3) is 0 Å². The highest BCUT2D eigenvalue weighted by Gasteiger charge is 2.29. The van der Waals surface area contributed by atoms with Crippen LogP contribution in [0.15, 0.2) is 34.9 Å². The third-order valence-electron chi connectivity index (χ3n) is 3.69. The van der Waals surface area contributed by atoms with E-state index in [9.17, 15) is 14.0 Å². The van der Waals surface area contributed by atoms with Crippen LogP contribution in [0.2, 0.25) is 0 Å². The van der Waals surface area contributed by atoms with E-state index in [0.717, 1.165) is 32.1 Å². The molecule has 8 heteroatoms. The Hall–Kier alpha value is -0.480. The van der Waals surface area contributed by atoms with Crippen molar-refractivity contribution in [3.05, 3.63) is 34.9 Å². The standard InChI is InChI=1S/C18H34O6P2/c1-5-18(11-7-10-17(4)9-6-8-16(2)3)12-13-24-14-25(19,20)15-26(21,22)23/h8,10,12H,5-7,9,11,13-15H2,1-4H3,(H,19,20)(H2,21,22,23)/b17-10+,18-12+. The lowest BCUT2D eigenvalue weighted by Gasteiger charge is -2.12. The molecule has 0 amide bonds. The summed E-state index contributed by atoms with van der Waals surface area (Å²) in [4.78, 5) is 27.0. The van der Waals surface area contributed by atoms with E-state index in [0.29, 0.717) is 0 Å². The highest BCUT2D eigenvalue weighted by atomic mass is 31.2. The van der Waals surface area contributed by atoms with Gasteiger partial charge in [0, 0.05) is 0 Å². The zero-order chi connectivity index (χ0) is 20.2. The Kier molecular flexibility index (Phi) is 12.6. The van der Waals surface area contributed by atoms with Gasteiger partial charge in [-0.25, -0.2) is 0 Å². The summed E-state index contributed by atoms with van der Waals surface area (Å²) >= 11 is 0. The minimum Gasteiger partial charge on any atom is -0.367 e. The number of allylic oxidation sites excluding steroid dienone is 5. The van der Waals surface area contributed by atoms with Gasteiger partial charge >= 0.3 is 7.60 Å². The van der Waals surface area contributed by atoms with Crippen molar-refractivity contribution in [1.29, 1.82) is 0 Å². The van der Waals surface area contributed by atoms with E-state index < -0.39 is 27.2 Å². The number of hydrogen-bond donors (Lipinski definition) is 3. The summed E-state index contributed by atoms with van der Waals surface area (Å²) in [5, 5.41) is 0. The van der Waals surface area contributed by atoms with Crippen LogP contribution in [0, 0.1) is 0 Å². The van der Waals surface area contributed by atoms with E-state index in [1.165, 1.54) is 16.7 Å². The van der Waals surface area contributed by atoms with Gasteiger partial charge in [-0.15, -0.1) is 0 Å². The molecule has 0 aliphatic rings. The molecule has 0 bridgehead atoms. The average molecular weight is 408 g/mol. The third kappa shape index (κ3) is 15.7. The molecule has 0 fully saturated rings. The molecule has 26 heavy (non-hydrogen) atoms. The zero-order valence-corrected chi connectivity index (χ0v) is 18.1. The van der Waals surface area contributed by atoms with Crippen molar-refractivity contribution < 1.29 is 28.5 Å². The minimum atomic E-state index is -4.52. The van der Waals surface area contributed by atoms with Gasteiger partial charge < -0.3 is 19.4 Å². The second-order valence-electron chi connectivity index (χ2n) is 6.78. The molecular formula is C18H34O6P2. The fourth-order valence-corrected chi connectivity index (χ4v) is 5.34. The van der Waals surface area contributed by atoms with Gasteiger partial charge in [0.05, 0.1) is 6.61 Å². The lowest BCUT2D eigenvalue weighted by molar-refractivity contribution is 0.199. The van der Waals surface area contributed by atoms with Gasteiger partial charge in [-0.3, -0.25) is 9.13 Å². The first-order chi connectivity index (χ1) is 11.9. The number of hydrogen-bond acceptors (Lipinski definition) is 3. The topological polar surface area (TPSA) is 104 Å². The fourth-order valence-electron chi connectivity index (χ4n) is 2.32. The van der Waals surface area contributed by atoms with Gasteiger partial charge in [0.1, 0.15) is 12.3 Å². The second kappa shape index (κ2) is 12.8. The van der Waals surface area contributed by atoms with Crippen LogP contribution >= 0.6 is 15.0 Å². The molecule has 0 rings (SSSR count). The summed E-state index contributed by atoms with van der Waals surface area (Å²) in [6, 6.07) is 0. The van der Waals surface area contributed by atoms with Gasteiger partial charge in [-0.1, -0.05) is 41.9 Å². The molecular weight excluding hydrogens is 374 g/mol. The molecule has 0 aliphatic carbocycles. The summed E-state index contributed by atoms with van der Waals surface area (Å²) in [6.45, 7) is 8.54. The fraction of sp³-hybridized carbons (Fsp3) is 0.667. The molecule has 152 valence electrons. The first-order valence-electron chi connectivity index (χ1n) is 8.85. The van der Waals surface area contributed by atoms with Gasteiger partial charge in [-0.2, -0.15) is 0 Å². The zero-order valence-electron chi connectivity index (χ0n) is 16.3. The predicted octanol–water partition coefficient (Wildman–Crippen LogP) is 5.18. The Bertz CT molecular complexity index is 597. The van der Waals surface area contributed by atoms with Crippen LogP contribution in [0.4, 0.5) is 0 Å². The molecule has 0 heterocycles. The van der Waals surface area contributed by atoms with Gasteiger partial charge in [0.2, 0.25) is 7.37 Å². The molecule has 0 aliphatic heterocycles. The van der Waals surface area contributed by atoms with Crippen molar-refractivity contribution >= 4 is 15.0 Å². The summed E-state index contributed by atoms with van der Waals surface area (Å²) in [5.74, 6) is -1.04. The Morgan fingerprint density at radius 3 is 2.12 bits per heavy atom. The van der Waals surface area contributed by atoms with Crippen molar-refractivity contribution in [2.45, 2.75) is 59.8 Å². The van der Waals surface area contributed by atoms with E-state index in [1.807, 2.05) is 13.0 Å². The molecule has 0 spiro atoms. The Labute approximate surface area is 157 Å². The van der Waals surface area contributed by atoms with Gasteiger partial charge in [-0.05, 0) is 52.9 Å². The van der Waals surface area contributed by atoms with E-state index >= 15 is 0 Å².